The topological polar surface area (TPSA) is 21.1 Å². The molecule has 0 N–H and O–H groups in total. The molecule has 2 heterocycles. The molecule has 0 saturated carbocycles. The van der Waals surface area contributed by atoms with Gasteiger partial charge in [-0.3, -0.25) is 4.90 Å². The van der Waals surface area contributed by atoms with Gasteiger partial charge in [0.05, 0.1) is 24.1 Å². The smallest absolute Gasteiger partial charge is 0.124 e. The van der Waals surface area contributed by atoms with Gasteiger partial charge in [0.1, 0.15) is 5.82 Å². The number of para-hydroxylation sites is 2. The minimum Gasteiger partial charge on any atom is -0.322 e. The fourth-order valence-corrected chi connectivity index (χ4v) is 3.85. The number of hydrogen-bond donors (Lipinski definition) is 0. The van der Waals surface area contributed by atoms with Crippen LogP contribution in [0, 0.1) is 0 Å². The van der Waals surface area contributed by atoms with Crippen LogP contribution in [-0.2, 0) is 13.1 Å². The number of aromatic nitrogens is 2. The second kappa shape index (κ2) is 12.3. The van der Waals surface area contributed by atoms with Gasteiger partial charge >= 0.3 is 0 Å². The summed E-state index contributed by atoms with van der Waals surface area (Å²) in [6, 6.07) is 14.0. The summed E-state index contributed by atoms with van der Waals surface area (Å²) in [7, 11) is 0. The van der Waals surface area contributed by atoms with Gasteiger partial charge in [-0.1, -0.05) is 41.4 Å². The summed E-state index contributed by atoms with van der Waals surface area (Å²) in [5.74, 6) is 1.10. The Morgan fingerprint density at radius 1 is 0.857 bits per heavy atom. The number of halogens is 6. The molecule has 1 aliphatic heterocycles. The highest BCUT2D eigenvalue weighted by Gasteiger charge is 2.17. The van der Waals surface area contributed by atoms with Crippen LogP contribution in [0.1, 0.15) is 24.2 Å². The van der Waals surface area contributed by atoms with E-state index in [9.17, 15) is 0 Å². The fourth-order valence-electron chi connectivity index (χ4n) is 3.38. The summed E-state index contributed by atoms with van der Waals surface area (Å²) in [5, 5.41) is 1.36. The number of likely N-dealkylation sites (tertiary alicyclic amines) is 1. The molecule has 0 bridgehead atoms. The van der Waals surface area contributed by atoms with Gasteiger partial charge in [-0.2, -0.15) is 0 Å². The first kappa shape index (κ1) is 27.6. The molecule has 0 aliphatic carbocycles. The van der Waals surface area contributed by atoms with Crippen molar-refractivity contribution in [3.8, 4) is 0 Å². The monoisotopic (exact) mass is 503 g/mol. The quantitative estimate of drug-likeness (QED) is 0.394. The maximum absolute atomic E-state index is 6.39. The molecule has 0 atom stereocenters. The normalized spacial score (nSPS) is 13.2. The summed E-state index contributed by atoms with van der Waals surface area (Å²) in [6.45, 7) is 3.91. The average Bonchev–Trinajstić information content (AvgIpc) is 3.19. The maximum atomic E-state index is 6.39. The summed E-state index contributed by atoms with van der Waals surface area (Å²) in [5.41, 5.74) is 3.25. The predicted molar refractivity (Wildman–Crippen MR) is 129 cm³/mol. The highest BCUT2D eigenvalue weighted by Crippen LogP contribution is 2.25. The van der Waals surface area contributed by atoms with Crippen LogP contribution >= 0.6 is 72.8 Å². The van der Waals surface area contributed by atoms with Crippen LogP contribution in [0.15, 0.2) is 42.5 Å². The van der Waals surface area contributed by atoms with Crippen molar-refractivity contribution < 1.29 is 0 Å². The molecule has 1 fully saturated rings. The van der Waals surface area contributed by atoms with Gasteiger partial charge in [0.2, 0.25) is 0 Å². The van der Waals surface area contributed by atoms with Crippen molar-refractivity contribution in [1.82, 2.24) is 14.5 Å². The van der Waals surface area contributed by atoms with Crippen LogP contribution in [0.5, 0.6) is 0 Å². The average molecular weight is 506 g/mol. The highest BCUT2D eigenvalue weighted by atomic mass is 35.5. The first-order valence-electron chi connectivity index (χ1n) is 8.31. The molecule has 1 saturated heterocycles. The zero-order valence-corrected chi connectivity index (χ0v) is 19.8. The van der Waals surface area contributed by atoms with Crippen molar-refractivity contribution in [2.75, 3.05) is 13.1 Å². The molecule has 0 spiro atoms. The lowest BCUT2D eigenvalue weighted by atomic mass is 10.2. The van der Waals surface area contributed by atoms with Gasteiger partial charge < -0.3 is 4.57 Å². The number of nitrogens with zero attached hydrogens (tertiary/aromatic N) is 3. The Balaban J connectivity index is 0.00000182. The molecule has 0 amide bonds. The number of hydrogen-bond acceptors (Lipinski definition) is 2. The third kappa shape index (κ3) is 6.06. The minimum absolute atomic E-state index is 0. The SMILES string of the molecule is Cl.Cl.Cl.Cl.Clc1ccc(Cn2c(CN3CCCC3)nc3ccccc32)c(Cl)c1. The van der Waals surface area contributed by atoms with Crippen LogP contribution in [0.4, 0.5) is 0 Å². The van der Waals surface area contributed by atoms with Crippen LogP contribution in [0.3, 0.4) is 0 Å². The molecule has 3 nitrogen and oxygen atoms in total. The van der Waals surface area contributed by atoms with Crippen molar-refractivity contribution in [3.63, 3.8) is 0 Å². The van der Waals surface area contributed by atoms with Crippen molar-refractivity contribution in [3.05, 3.63) is 63.9 Å². The van der Waals surface area contributed by atoms with E-state index >= 15 is 0 Å². The molecule has 4 rings (SSSR count). The van der Waals surface area contributed by atoms with Gasteiger partial charge in [0, 0.05) is 10.0 Å². The minimum atomic E-state index is 0. The second-order valence-electron chi connectivity index (χ2n) is 6.32. The first-order chi connectivity index (χ1) is 11.7. The number of benzene rings is 2. The molecule has 0 unspecified atom stereocenters. The van der Waals surface area contributed by atoms with E-state index in [-0.39, 0.29) is 49.6 Å². The highest BCUT2D eigenvalue weighted by molar-refractivity contribution is 6.35. The summed E-state index contributed by atoms with van der Waals surface area (Å²) in [6.07, 6.45) is 2.56. The maximum Gasteiger partial charge on any atom is 0.124 e. The Morgan fingerprint density at radius 3 is 2.21 bits per heavy atom. The second-order valence-corrected chi connectivity index (χ2v) is 7.17. The molecule has 156 valence electrons. The number of rotatable bonds is 4. The zero-order chi connectivity index (χ0) is 16.5. The molecule has 9 heteroatoms. The van der Waals surface area contributed by atoms with E-state index in [2.05, 4.69) is 27.7 Å². The lowest BCUT2D eigenvalue weighted by molar-refractivity contribution is 0.318. The largest absolute Gasteiger partial charge is 0.322 e. The van der Waals surface area contributed by atoms with Crippen LogP contribution in [0.2, 0.25) is 10.0 Å². The third-order valence-electron chi connectivity index (χ3n) is 4.64. The molecular formula is C19H23Cl6N3. The van der Waals surface area contributed by atoms with Gasteiger partial charge in [-0.15, -0.1) is 49.6 Å². The van der Waals surface area contributed by atoms with Gasteiger partial charge in [-0.25, -0.2) is 4.98 Å². The molecule has 3 aromatic rings. The van der Waals surface area contributed by atoms with Gasteiger partial charge in [-0.05, 0) is 55.8 Å². The predicted octanol–water partition coefficient (Wildman–Crippen LogP) is 6.67. The van der Waals surface area contributed by atoms with Crippen molar-refractivity contribution in [2.24, 2.45) is 0 Å². The number of imidazole rings is 1. The summed E-state index contributed by atoms with van der Waals surface area (Å²) >= 11 is 12.4. The Labute approximate surface area is 200 Å². The van der Waals surface area contributed by atoms with Gasteiger partial charge in [0.15, 0.2) is 0 Å². The molecule has 1 aromatic heterocycles. The van der Waals surface area contributed by atoms with Crippen molar-refractivity contribution in [1.29, 1.82) is 0 Å². The van der Waals surface area contributed by atoms with E-state index in [1.54, 1.807) is 6.07 Å². The standard InChI is InChI=1S/C19H19Cl2N3.4ClH/c20-15-8-7-14(16(21)11-15)12-24-18-6-2-1-5-17(18)22-19(24)13-23-9-3-4-10-23;;;;/h1-2,5-8,11H,3-4,9-10,12-13H2;4*1H. The Kier molecular flexibility index (Phi) is 12.2. The molecule has 2 aromatic carbocycles. The molecule has 1 aliphatic rings. The van der Waals surface area contributed by atoms with E-state index in [1.165, 1.54) is 12.8 Å². The molecule has 28 heavy (non-hydrogen) atoms. The van der Waals surface area contributed by atoms with Crippen molar-refractivity contribution >= 4 is 83.9 Å². The van der Waals surface area contributed by atoms with Crippen LogP contribution in [-0.4, -0.2) is 27.5 Å². The fraction of sp³-hybridized carbons (Fsp3) is 0.316. The zero-order valence-electron chi connectivity index (χ0n) is 15.0. The van der Waals surface area contributed by atoms with Gasteiger partial charge in [0.25, 0.3) is 0 Å². The van der Waals surface area contributed by atoms with E-state index < -0.39 is 0 Å². The third-order valence-corrected chi connectivity index (χ3v) is 5.23. The number of fused-ring (bicyclic) bond motifs is 1. The van der Waals surface area contributed by atoms with E-state index in [4.69, 9.17) is 28.2 Å². The Hall–Kier alpha value is -0.390. The molecule has 0 radical (unpaired) electrons. The lowest BCUT2D eigenvalue weighted by Crippen LogP contribution is -2.21. The lowest BCUT2D eigenvalue weighted by Gasteiger charge is -2.16. The van der Waals surface area contributed by atoms with E-state index in [1.807, 2.05) is 18.2 Å². The van der Waals surface area contributed by atoms with E-state index in [0.29, 0.717) is 16.6 Å². The molecular weight excluding hydrogens is 483 g/mol. The summed E-state index contributed by atoms with van der Waals surface area (Å²) < 4.78 is 2.28. The Morgan fingerprint density at radius 2 is 1.54 bits per heavy atom. The first-order valence-corrected chi connectivity index (χ1v) is 9.07. The summed E-state index contributed by atoms with van der Waals surface area (Å²) in [4.78, 5) is 7.35. The van der Waals surface area contributed by atoms with Crippen LogP contribution < -0.4 is 0 Å². The van der Waals surface area contributed by atoms with Crippen LogP contribution in [0.25, 0.3) is 11.0 Å². The van der Waals surface area contributed by atoms with Crippen molar-refractivity contribution in [2.45, 2.75) is 25.9 Å². The van der Waals surface area contributed by atoms with E-state index in [0.717, 1.165) is 42.1 Å². The Bertz CT molecular complexity index is 877.